The Morgan fingerprint density at radius 3 is 0.825 bits per heavy atom. The molecule has 2 unspecified atom stereocenters. The van der Waals surface area contributed by atoms with E-state index >= 15 is 0 Å². The fraction of sp³-hybridized carbons (Fsp3) is 0.580. The van der Waals surface area contributed by atoms with E-state index in [1.54, 1.807) is 0 Å². The largest absolute Gasteiger partial charge is 0.477 e. The van der Waals surface area contributed by atoms with Gasteiger partial charge in [-0.25, -0.2) is 4.79 Å². The number of rotatable bonds is 68. The van der Waals surface area contributed by atoms with Crippen molar-refractivity contribution in [1.29, 1.82) is 0 Å². The maximum Gasteiger partial charge on any atom is 0.361 e. The van der Waals surface area contributed by atoms with Gasteiger partial charge in [0.2, 0.25) is 0 Å². The van der Waals surface area contributed by atoms with E-state index in [4.69, 9.17) is 18.9 Å². The smallest absolute Gasteiger partial charge is 0.361 e. The van der Waals surface area contributed by atoms with Crippen molar-refractivity contribution < 1.29 is 42.9 Å². The molecule has 9 heteroatoms. The maximum absolute atomic E-state index is 13.0. The van der Waals surface area contributed by atoms with Gasteiger partial charge in [-0.3, -0.25) is 9.59 Å². The number of hydrogen-bond acceptors (Lipinski definition) is 7. The zero-order valence-corrected chi connectivity index (χ0v) is 62.1. The van der Waals surface area contributed by atoms with Crippen LogP contribution in [0.1, 0.15) is 271 Å². The number of nitrogens with zero attached hydrogens (tertiary/aromatic N) is 1. The first-order valence-corrected chi connectivity index (χ1v) is 38.2. The Balaban J connectivity index is 4.17. The van der Waals surface area contributed by atoms with E-state index in [0.717, 1.165) is 167 Å². The van der Waals surface area contributed by atoms with Crippen molar-refractivity contribution in [3.63, 3.8) is 0 Å². The van der Waals surface area contributed by atoms with Crippen molar-refractivity contribution in [2.24, 2.45) is 0 Å². The van der Waals surface area contributed by atoms with Crippen molar-refractivity contribution in [2.45, 2.75) is 283 Å². The predicted molar refractivity (Wildman–Crippen MR) is 418 cm³/mol. The summed E-state index contributed by atoms with van der Waals surface area (Å²) in [6.07, 6.45) is 115. The second-order valence-corrected chi connectivity index (χ2v) is 25.8. The Morgan fingerprint density at radius 1 is 0.309 bits per heavy atom. The SMILES string of the molecule is CC/C=C\C/C=C\C/C=C\C/C=C\C/C=C\C/C=C\C/C=C\C/C=C\C/C=C\C/C=C\CCCCCCCCCCCCC(=O)OC(COC(=O)CCCCCCCCCCC/C=C\C/C=C\C/C=C\C/C=C\C/C=C\C/C=C\C/C=C\CC)COC(OCC[N+](C)(C)C)C(=O)O. The first kappa shape index (κ1) is 90.9. The van der Waals surface area contributed by atoms with Crippen molar-refractivity contribution in [1.82, 2.24) is 0 Å². The minimum absolute atomic E-state index is 0.175. The van der Waals surface area contributed by atoms with Crippen molar-refractivity contribution in [2.75, 3.05) is 47.5 Å². The van der Waals surface area contributed by atoms with Gasteiger partial charge < -0.3 is 28.5 Å². The lowest BCUT2D eigenvalue weighted by molar-refractivity contribution is -0.870. The Kier molecular flexibility index (Phi) is 70.9. The summed E-state index contributed by atoms with van der Waals surface area (Å²) in [6.45, 7) is 4.62. The monoisotopic (exact) mass is 1340 g/mol. The average Bonchev–Trinajstić information content (AvgIpc) is 3.27. The minimum Gasteiger partial charge on any atom is -0.477 e. The summed E-state index contributed by atoms with van der Waals surface area (Å²) in [4.78, 5) is 37.7. The molecular weight excluding hydrogens is 1200 g/mol. The second-order valence-electron chi connectivity index (χ2n) is 25.8. The molecule has 2 atom stereocenters. The predicted octanol–water partition coefficient (Wildman–Crippen LogP) is 24.7. The van der Waals surface area contributed by atoms with Gasteiger partial charge >= 0.3 is 17.9 Å². The molecule has 544 valence electrons. The van der Waals surface area contributed by atoms with Gasteiger partial charge in [-0.2, -0.15) is 0 Å². The fourth-order valence-corrected chi connectivity index (χ4v) is 9.79. The number of quaternary nitrogens is 1. The zero-order valence-electron chi connectivity index (χ0n) is 62.1. The van der Waals surface area contributed by atoms with E-state index in [1.807, 2.05) is 21.1 Å². The van der Waals surface area contributed by atoms with Crippen LogP contribution in [-0.4, -0.2) is 87.4 Å². The van der Waals surface area contributed by atoms with Gasteiger partial charge in [0, 0.05) is 12.8 Å². The van der Waals surface area contributed by atoms with Gasteiger partial charge in [0.15, 0.2) is 6.10 Å². The fourth-order valence-electron chi connectivity index (χ4n) is 9.79. The Hall–Kier alpha value is -6.13. The molecule has 0 fully saturated rings. The quantitative estimate of drug-likeness (QED) is 0.0211. The lowest BCUT2D eigenvalue weighted by atomic mass is 10.0. The van der Waals surface area contributed by atoms with Crippen LogP contribution in [0.5, 0.6) is 0 Å². The van der Waals surface area contributed by atoms with Crippen molar-refractivity contribution in [3.05, 3.63) is 207 Å². The first-order chi connectivity index (χ1) is 47.6. The number of ether oxygens (including phenoxy) is 4. The van der Waals surface area contributed by atoms with Crippen molar-refractivity contribution in [3.8, 4) is 0 Å². The van der Waals surface area contributed by atoms with Gasteiger partial charge in [0.1, 0.15) is 13.2 Å². The third kappa shape index (κ3) is 77.1. The number of likely N-dealkylation sites (N-methyl/N-ethyl adjacent to an activating group) is 1. The van der Waals surface area contributed by atoms with Gasteiger partial charge in [0.25, 0.3) is 6.29 Å². The molecule has 0 aromatic heterocycles. The molecule has 1 N–H and O–H groups in total. The van der Waals surface area contributed by atoms with E-state index < -0.39 is 24.3 Å². The molecule has 0 rings (SSSR count). The van der Waals surface area contributed by atoms with Crippen LogP contribution in [0.4, 0.5) is 0 Å². The third-order valence-electron chi connectivity index (χ3n) is 15.5. The maximum atomic E-state index is 13.0. The molecule has 0 heterocycles. The van der Waals surface area contributed by atoms with Crippen LogP contribution in [0.25, 0.3) is 0 Å². The molecule has 0 aromatic carbocycles. The normalized spacial score (nSPS) is 13.9. The van der Waals surface area contributed by atoms with Crippen LogP contribution in [0, 0.1) is 0 Å². The summed E-state index contributed by atoms with van der Waals surface area (Å²) in [6, 6.07) is 0. The van der Waals surface area contributed by atoms with Crippen LogP contribution in [-0.2, 0) is 33.3 Å². The third-order valence-corrected chi connectivity index (χ3v) is 15.5. The summed E-state index contributed by atoms with van der Waals surface area (Å²) >= 11 is 0. The molecule has 0 aliphatic heterocycles. The van der Waals surface area contributed by atoms with Crippen molar-refractivity contribution >= 4 is 17.9 Å². The topological polar surface area (TPSA) is 108 Å². The van der Waals surface area contributed by atoms with E-state index in [2.05, 4.69) is 220 Å². The first-order valence-electron chi connectivity index (χ1n) is 38.2. The number of esters is 2. The number of hydrogen-bond donors (Lipinski definition) is 1. The zero-order chi connectivity index (χ0) is 70.4. The number of carboxylic acids is 1. The molecule has 0 bridgehead atoms. The molecule has 0 saturated heterocycles. The molecule has 0 amide bonds. The highest BCUT2D eigenvalue weighted by Crippen LogP contribution is 2.16. The van der Waals surface area contributed by atoms with E-state index in [1.165, 1.54) is 70.6 Å². The molecule has 0 aliphatic carbocycles. The number of unbranched alkanes of at least 4 members (excludes halogenated alkanes) is 19. The summed E-state index contributed by atoms with van der Waals surface area (Å²) in [5.41, 5.74) is 0. The van der Waals surface area contributed by atoms with E-state index in [0.29, 0.717) is 17.4 Å². The van der Waals surface area contributed by atoms with Crippen LogP contribution < -0.4 is 0 Å². The minimum atomic E-state index is -1.53. The Bertz CT molecular complexity index is 2350. The molecule has 0 spiro atoms. The molecule has 0 saturated carbocycles. The van der Waals surface area contributed by atoms with E-state index in [9.17, 15) is 19.5 Å². The standard InChI is InChI=1S/C88H139NO8/c1-6-8-10-12-14-16-18-20-22-24-26-28-30-32-34-36-38-39-40-41-42-43-44-45-46-47-49-51-53-55-57-59-61-63-65-67-69-71-73-75-77-79-86(91)97-84(83-96-88(87(92)93)94-81-80-89(3,4)5)82-95-85(90)78-76-74-72-70-68-66-64-62-60-58-56-54-52-50-48-37-35-33-31-29-27-25-23-21-19-17-15-13-11-9-7-2/h8-11,14-17,20-23,26-29,32-35,38-39,41-42,44-45,47-50,53-56,84,88H,6-7,12-13,18-19,24-25,30-31,36-37,40,43,46,51-52,57-83H2,1-5H3/p+1/b10-8-,11-9-,16-14-,17-15-,22-20-,23-21-,28-26-,29-27-,34-32-,35-33-,39-38-,42-41-,45-44-,49-47-,50-48-,55-53-,56-54-. The van der Waals surface area contributed by atoms with Gasteiger partial charge in [0.05, 0.1) is 34.4 Å². The van der Waals surface area contributed by atoms with Crippen LogP contribution in [0.15, 0.2) is 207 Å². The van der Waals surface area contributed by atoms with Crippen LogP contribution >= 0.6 is 0 Å². The van der Waals surface area contributed by atoms with E-state index in [-0.39, 0.29) is 38.6 Å². The van der Waals surface area contributed by atoms with Gasteiger partial charge in [-0.15, -0.1) is 0 Å². The van der Waals surface area contributed by atoms with Gasteiger partial charge in [-0.1, -0.05) is 317 Å². The van der Waals surface area contributed by atoms with Crippen LogP contribution in [0.2, 0.25) is 0 Å². The Morgan fingerprint density at radius 2 is 0.557 bits per heavy atom. The summed E-state index contributed by atoms with van der Waals surface area (Å²) < 4.78 is 23.0. The van der Waals surface area contributed by atoms with Gasteiger partial charge in [-0.05, 0) is 148 Å². The summed E-state index contributed by atoms with van der Waals surface area (Å²) in [5.74, 6) is -2.04. The number of allylic oxidation sites excluding steroid dienone is 34. The summed E-state index contributed by atoms with van der Waals surface area (Å²) in [5, 5.41) is 9.77. The Labute approximate surface area is 594 Å². The highest BCUT2D eigenvalue weighted by atomic mass is 16.7. The number of carbonyl (C=O) groups is 3. The molecule has 0 radical (unpaired) electrons. The number of carbonyl (C=O) groups excluding carboxylic acids is 2. The number of aliphatic carboxylic acids is 1. The molecule has 0 aromatic rings. The second kappa shape index (κ2) is 75.6. The molecule has 9 nitrogen and oxygen atoms in total. The molecule has 97 heavy (non-hydrogen) atoms. The number of carboxylic acid groups (broad SMARTS) is 1. The molecular formula is C88H140NO8+. The lowest BCUT2D eigenvalue weighted by Gasteiger charge is -2.25. The van der Waals surface area contributed by atoms with Crippen LogP contribution in [0.3, 0.4) is 0 Å². The average molecular weight is 1340 g/mol. The highest BCUT2D eigenvalue weighted by molar-refractivity contribution is 5.71. The highest BCUT2D eigenvalue weighted by Gasteiger charge is 2.25. The lowest BCUT2D eigenvalue weighted by Crippen LogP contribution is -2.40. The summed E-state index contributed by atoms with van der Waals surface area (Å²) in [7, 11) is 5.96. The molecule has 0 aliphatic rings.